The molecule has 1 amide bonds. The highest BCUT2D eigenvalue weighted by Gasteiger charge is 2.24. The number of thiophene rings is 1. The molecule has 1 fully saturated rings. The zero-order valence-corrected chi connectivity index (χ0v) is 20.8. The van der Waals surface area contributed by atoms with Crippen LogP contribution >= 0.6 is 23.1 Å². The number of para-hydroxylation sites is 1. The Morgan fingerprint density at radius 2 is 1.80 bits per heavy atom. The predicted molar refractivity (Wildman–Crippen MR) is 137 cm³/mol. The smallest absolute Gasteiger partial charge is 0.233 e. The number of hydrogen-bond acceptors (Lipinski definition) is 7. The summed E-state index contributed by atoms with van der Waals surface area (Å²) < 4.78 is 21.4. The number of methoxy groups -OCH3 is 1. The highest BCUT2D eigenvalue weighted by molar-refractivity contribution is 7.99. The number of rotatable bonds is 7. The van der Waals surface area contributed by atoms with Crippen LogP contribution in [0.2, 0.25) is 0 Å². The topological polar surface area (TPSA) is 63.5 Å². The molecule has 1 aliphatic heterocycles. The first-order chi connectivity index (χ1) is 17.1. The van der Waals surface area contributed by atoms with Gasteiger partial charge in [-0.3, -0.25) is 9.36 Å². The maximum atomic E-state index is 14.1. The van der Waals surface area contributed by atoms with Gasteiger partial charge in [0.05, 0.1) is 29.1 Å². The number of carbonyl (C=O) groups is 1. The Labute approximate surface area is 211 Å². The van der Waals surface area contributed by atoms with Gasteiger partial charge in [0.1, 0.15) is 11.6 Å². The van der Waals surface area contributed by atoms with Crippen LogP contribution in [0.25, 0.3) is 16.4 Å². The number of carbonyl (C=O) groups excluding carboxylic acids is 1. The fourth-order valence-electron chi connectivity index (χ4n) is 4.02. The second-order valence-corrected chi connectivity index (χ2v) is 9.82. The van der Waals surface area contributed by atoms with E-state index in [0.29, 0.717) is 37.0 Å². The lowest BCUT2D eigenvalue weighted by Gasteiger charge is -2.36. The Hall–Kier alpha value is -3.37. The summed E-state index contributed by atoms with van der Waals surface area (Å²) in [5.74, 6) is 1.54. The summed E-state index contributed by atoms with van der Waals surface area (Å²) in [4.78, 5) is 17.8. The van der Waals surface area contributed by atoms with Crippen LogP contribution in [0, 0.1) is 5.82 Å². The van der Waals surface area contributed by atoms with E-state index in [2.05, 4.69) is 10.2 Å². The zero-order chi connectivity index (χ0) is 24.2. The predicted octanol–water partition coefficient (Wildman–Crippen LogP) is 4.58. The summed E-state index contributed by atoms with van der Waals surface area (Å²) >= 11 is 2.96. The third-order valence-electron chi connectivity index (χ3n) is 5.86. The first-order valence-electron chi connectivity index (χ1n) is 11.2. The van der Waals surface area contributed by atoms with Gasteiger partial charge in [-0.25, -0.2) is 4.39 Å². The summed E-state index contributed by atoms with van der Waals surface area (Å²) in [5, 5.41) is 11.5. The maximum absolute atomic E-state index is 14.1. The molecule has 3 heterocycles. The molecule has 0 unspecified atom stereocenters. The highest BCUT2D eigenvalue weighted by Crippen LogP contribution is 2.31. The molecule has 2 aromatic carbocycles. The molecule has 0 atom stereocenters. The number of ether oxygens (including phenoxy) is 1. The molecule has 4 aromatic rings. The van der Waals surface area contributed by atoms with E-state index in [-0.39, 0.29) is 17.5 Å². The van der Waals surface area contributed by atoms with Gasteiger partial charge >= 0.3 is 0 Å². The van der Waals surface area contributed by atoms with Gasteiger partial charge < -0.3 is 14.5 Å². The molecule has 7 nitrogen and oxygen atoms in total. The Morgan fingerprint density at radius 1 is 1.03 bits per heavy atom. The van der Waals surface area contributed by atoms with E-state index in [9.17, 15) is 9.18 Å². The van der Waals surface area contributed by atoms with Crippen LogP contribution in [0.5, 0.6) is 5.75 Å². The molecule has 35 heavy (non-hydrogen) atoms. The van der Waals surface area contributed by atoms with Crippen molar-refractivity contribution in [1.82, 2.24) is 19.7 Å². The molecular formula is C25H24FN5O2S2. The molecular weight excluding hydrogens is 485 g/mol. The number of anilines is 1. The summed E-state index contributed by atoms with van der Waals surface area (Å²) in [7, 11) is 1.63. The first kappa shape index (κ1) is 23.4. The summed E-state index contributed by atoms with van der Waals surface area (Å²) in [6.45, 7) is 2.31. The van der Waals surface area contributed by atoms with Crippen molar-refractivity contribution < 1.29 is 13.9 Å². The van der Waals surface area contributed by atoms with Crippen molar-refractivity contribution in [3.05, 3.63) is 71.9 Å². The van der Waals surface area contributed by atoms with Gasteiger partial charge in [-0.15, -0.1) is 21.5 Å². The second-order valence-electron chi connectivity index (χ2n) is 7.92. The van der Waals surface area contributed by atoms with Gasteiger partial charge in [-0.05, 0) is 47.8 Å². The molecule has 0 spiro atoms. The lowest BCUT2D eigenvalue weighted by molar-refractivity contribution is -0.128. The molecule has 10 heteroatoms. The number of nitrogens with zero attached hydrogens (tertiary/aromatic N) is 5. The monoisotopic (exact) mass is 509 g/mol. The Balaban J connectivity index is 1.28. The Bertz CT molecular complexity index is 1290. The van der Waals surface area contributed by atoms with Gasteiger partial charge in [0.2, 0.25) is 5.91 Å². The third-order valence-corrected chi connectivity index (χ3v) is 7.64. The minimum absolute atomic E-state index is 0.0325. The first-order valence-corrected chi connectivity index (χ1v) is 13.0. The SMILES string of the molecule is COc1ccc(-n2c(SCC(=O)N3CCN(c4ccccc4F)CC3)nnc2-c2cccs2)cc1. The molecule has 0 saturated carbocycles. The standard InChI is InChI=1S/C25H24FN5O2S2/c1-33-19-10-8-18(9-11-19)31-24(22-7-4-16-34-22)27-28-25(31)35-17-23(32)30-14-12-29(13-15-30)21-6-3-2-5-20(21)26/h2-11,16H,12-15,17H2,1H3. The highest BCUT2D eigenvalue weighted by atomic mass is 32.2. The maximum Gasteiger partial charge on any atom is 0.233 e. The minimum atomic E-state index is -0.234. The molecule has 0 bridgehead atoms. The number of amides is 1. The fraction of sp³-hybridized carbons (Fsp3) is 0.240. The lowest BCUT2D eigenvalue weighted by atomic mass is 10.2. The van der Waals surface area contributed by atoms with Gasteiger partial charge in [0, 0.05) is 26.2 Å². The van der Waals surface area contributed by atoms with Crippen LogP contribution in [0.15, 0.2) is 71.2 Å². The van der Waals surface area contributed by atoms with Crippen molar-refractivity contribution in [2.75, 3.05) is 43.9 Å². The summed E-state index contributed by atoms with van der Waals surface area (Å²) in [6, 6.07) is 18.4. The van der Waals surface area contributed by atoms with Crippen molar-refractivity contribution in [3.63, 3.8) is 0 Å². The van der Waals surface area contributed by atoms with E-state index in [4.69, 9.17) is 4.74 Å². The number of aromatic nitrogens is 3. The van der Waals surface area contributed by atoms with Crippen LogP contribution in [0.1, 0.15) is 0 Å². The quantitative estimate of drug-likeness (QED) is 0.340. The van der Waals surface area contributed by atoms with E-state index in [0.717, 1.165) is 22.1 Å². The summed E-state index contributed by atoms with van der Waals surface area (Å²) in [6.07, 6.45) is 0. The van der Waals surface area contributed by atoms with Gasteiger partial charge in [0.15, 0.2) is 11.0 Å². The Kier molecular flexibility index (Phi) is 7.01. The number of halogens is 1. The van der Waals surface area contributed by atoms with Crippen LogP contribution in [-0.4, -0.2) is 64.6 Å². The van der Waals surface area contributed by atoms with Gasteiger partial charge in [-0.2, -0.15) is 0 Å². The second kappa shape index (κ2) is 10.5. The molecule has 2 aromatic heterocycles. The number of piperazine rings is 1. The van der Waals surface area contributed by atoms with Gasteiger partial charge in [0.25, 0.3) is 0 Å². The molecule has 1 aliphatic rings. The van der Waals surface area contributed by atoms with E-state index in [1.807, 2.05) is 62.2 Å². The van der Waals surface area contributed by atoms with Gasteiger partial charge in [-0.1, -0.05) is 30.0 Å². The molecule has 0 radical (unpaired) electrons. The van der Waals surface area contributed by atoms with Crippen LogP contribution in [0.3, 0.4) is 0 Å². The van der Waals surface area contributed by atoms with Crippen molar-refractivity contribution in [2.45, 2.75) is 5.16 Å². The summed E-state index contributed by atoms with van der Waals surface area (Å²) in [5.41, 5.74) is 1.48. The molecule has 0 aliphatic carbocycles. The van der Waals surface area contributed by atoms with E-state index < -0.39 is 0 Å². The Morgan fingerprint density at radius 3 is 2.49 bits per heavy atom. The average Bonchev–Trinajstić information content (AvgIpc) is 3.58. The van der Waals surface area contributed by atoms with Crippen LogP contribution < -0.4 is 9.64 Å². The number of hydrogen-bond donors (Lipinski definition) is 0. The fourth-order valence-corrected chi connectivity index (χ4v) is 5.57. The van der Waals surface area contributed by atoms with E-state index >= 15 is 0 Å². The van der Waals surface area contributed by atoms with Crippen LogP contribution in [-0.2, 0) is 4.79 Å². The third kappa shape index (κ3) is 5.03. The zero-order valence-electron chi connectivity index (χ0n) is 19.1. The van der Waals surface area contributed by atoms with Crippen LogP contribution in [0.4, 0.5) is 10.1 Å². The molecule has 180 valence electrons. The molecule has 5 rings (SSSR count). The minimum Gasteiger partial charge on any atom is -0.497 e. The van der Waals surface area contributed by atoms with Crippen molar-refractivity contribution in [3.8, 4) is 22.1 Å². The van der Waals surface area contributed by atoms with E-state index in [1.54, 1.807) is 30.6 Å². The van der Waals surface area contributed by atoms with Crippen molar-refractivity contribution in [1.29, 1.82) is 0 Å². The van der Waals surface area contributed by atoms with E-state index in [1.165, 1.54) is 17.8 Å². The van der Waals surface area contributed by atoms with Crippen molar-refractivity contribution in [2.24, 2.45) is 0 Å². The number of thioether (sulfide) groups is 1. The largest absolute Gasteiger partial charge is 0.497 e. The average molecular weight is 510 g/mol. The lowest BCUT2D eigenvalue weighted by Crippen LogP contribution is -2.49. The normalized spacial score (nSPS) is 13.8. The molecule has 1 saturated heterocycles. The number of benzene rings is 2. The van der Waals surface area contributed by atoms with Crippen molar-refractivity contribution >= 4 is 34.7 Å². The molecule has 0 N–H and O–H groups in total.